The normalized spacial score (nSPS) is 18.0. The van der Waals surface area contributed by atoms with Crippen LogP contribution in [0.15, 0.2) is 24.3 Å². The van der Waals surface area contributed by atoms with E-state index in [1.54, 1.807) is 18.0 Å². The van der Waals surface area contributed by atoms with E-state index in [0.717, 1.165) is 25.9 Å². The van der Waals surface area contributed by atoms with Crippen LogP contribution in [0.2, 0.25) is 0 Å². The number of rotatable bonds is 4. The lowest BCUT2D eigenvalue weighted by molar-refractivity contribution is -0.0499. The Labute approximate surface area is 128 Å². The molecule has 0 aliphatic carbocycles. The van der Waals surface area contributed by atoms with Crippen molar-refractivity contribution in [1.29, 1.82) is 0 Å². The summed E-state index contributed by atoms with van der Waals surface area (Å²) >= 11 is 0. The summed E-state index contributed by atoms with van der Waals surface area (Å²) in [5, 5.41) is 3.24. The lowest BCUT2D eigenvalue weighted by atomic mass is 10.1. The second-order valence-corrected chi connectivity index (χ2v) is 4.82. The van der Waals surface area contributed by atoms with Crippen LogP contribution >= 0.6 is 12.4 Å². The van der Waals surface area contributed by atoms with Gasteiger partial charge < -0.3 is 15.0 Å². The second-order valence-electron chi connectivity index (χ2n) is 4.82. The van der Waals surface area contributed by atoms with Gasteiger partial charge >= 0.3 is 6.61 Å². The number of alkyl halides is 2. The van der Waals surface area contributed by atoms with Crippen molar-refractivity contribution in [2.24, 2.45) is 0 Å². The Morgan fingerprint density at radius 2 is 2.24 bits per heavy atom. The van der Waals surface area contributed by atoms with Crippen molar-refractivity contribution < 1.29 is 18.3 Å². The smallest absolute Gasteiger partial charge is 0.387 e. The van der Waals surface area contributed by atoms with Crippen LogP contribution in [0.3, 0.4) is 0 Å². The first-order valence-electron chi connectivity index (χ1n) is 6.60. The Kier molecular flexibility index (Phi) is 6.84. The van der Waals surface area contributed by atoms with Gasteiger partial charge in [0.1, 0.15) is 5.75 Å². The molecule has 0 bridgehead atoms. The number of nitrogens with one attached hydrogen (secondary N) is 1. The zero-order chi connectivity index (χ0) is 14.5. The maximum Gasteiger partial charge on any atom is 0.387 e. The van der Waals surface area contributed by atoms with Crippen LogP contribution in [0, 0.1) is 0 Å². The molecule has 0 saturated carbocycles. The molecule has 1 amide bonds. The minimum atomic E-state index is -2.89. The van der Waals surface area contributed by atoms with Crippen LogP contribution in [-0.2, 0) is 0 Å². The van der Waals surface area contributed by atoms with Gasteiger partial charge in [-0.1, -0.05) is 6.07 Å². The average molecular weight is 321 g/mol. The first kappa shape index (κ1) is 17.7. The van der Waals surface area contributed by atoms with Crippen molar-refractivity contribution in [2.45, 2.75) is 25.5 Å². The molecule has 1 heterocycles. The maximum absolute atomic E-state index is 12.3. The third-order valence-electron chi connectivity index (χ3n) is 3.45. The quantitative estimate of drug-likeness (QED) is 0.927. The van der Waals surface area contributed by atoms with Gasteiger partial charge in [0.2, 0.25) is 0 Å². The van der Waals surface area contributed by atoms with Gasteiger partial charge in [-0.3, -0.25) is 4.79 Å². The van der Waals surface area contributed by atoms with E-state index in [0.29, 0.717) is 5.56 Å². The summed E-state index contributed by atoms with van der Waals surface area (Å²) in [7, 11) is 1.74. The number of hydrogen-bond donors (Lipinski definition) is 1. The fraction of sp³-hybridized carbons (Fsp3) is 0.500. The van der Waals surface area contributed by atoms with Crippen LogP contribution in [-0.4, -0.2) is 43.6 Å². The summed E-state index contributed by atoms with van der Waals surface area (Å²) in [6.07, 6.45) is 1.97. The molecular formula is C14H19ClF2N2O2. The van der Waals surface area contributed by atoms with Gasteiger partial charge in [0.15, 0.2) is 0 Å². The van der Waals surface area contributed by atoms with Crippen molar-refractivity contribution in [3.8, 4) is 5.75 Å². The molecule has 4 nitrogen and oxygen atoms in total. The van der Waals surface area contributed by atoms with Gasteiger partial charge in [0, 0.05) is 25.2 Å². The van der Waals surface area contributed by atoms with Crippen molar-refractivity contribution >= 4 is 18.3 Å². The van der Waals surface area contributed by atoms with E-state index in [1.807, 2.05) is 0 Å². The number of benzene rings is 1. The van der Waals surface area contributed by atoms with E-state index in [-0.39, 0.29) is 30.1 Å². The van der Waals surface area contributed by atoms with Crippen molar-refractivity contribution in [1.82, 2.24) is 10.2 Å². The summed E-state index contributed by atoms with van der Waals surface area (Å²) in [5.74, 6) is -0.181. The number of amides is 1. The van der Waals surface area contributed by atoms with Gasteiger partial charge in [-0.15, -0.1) is 12.4 Å². The highest BCUT2D eigenvalue weighted by Gasteiger charge is 2.23. The second kappa shape index (κ2) is 8.14. The number of carbonyl (C=O) groups excluding carboxylic acids is 1. The molecule has 118 valence electrons. The van der Waals surface area contributed by atoms with Crippen molar-refractivity contribution in [3.05, 3.63) is 29.8 Å². The molecule has 1 saturated heterocycles. The van der Waals surface area contributed by atoms with E-state index >= 15 is 0 Å². The molecule has 1 aromatic rings. The first-order chi connectivity index (χ1) is 9.58. The Balaban J connectivity index is 0.00000220. The van der Waals surface area contributed by atoms with Crippen LogP contribution in [0.5, 0.6) is 5.75 Å². The molecule has 1 aliphatic rings. The SMILES string of the molecule is CN(C(=O)c1cccc(OC(F)F)c1)[C@@H]1CCCNC1.Cl. The van der Waals surface area contributed by atoms with Gasteiger partial charge in [-0.05, 0) is 37.6 Å². The lowest BCUT2D eigenvalue weighted by Crippen LogP contribution is -2.46. The topological polar surface area (TPSA) is 41.6 Å². The fourth-order valence-electron chi connectivity index (χ4n) is 2.34. The van der Waals surface area contributed by atoms with Gasteiger partial charge in [0.05, 0.1) is 0 Å². The van der Waals surface area contributed by atoms with E-state index < -0.39 is 6.61 Å². The largest absolute Gasteiger partial charge is 0.435 e. The molecule has 0 aromatic heterocycles. The van der Waals surface area contributed by atoms with Crippen LogP contribution in [0.4, 0.5) is 8.78 Å². The molecule has 1 atom stereocenters. The molecule has 1 N–H and O–H groups in total. The zero-order valence-corrected chi connectivity index (χ0v) is 12.5. The van der Waals surface area contributed by atoms with Crippen LogP contribution < -0.4 is 10.1 Å². The molecule has 21 heavy (non-hydrogen) atoms. The Hall–Kier alpha value is -1.40. The van der Waals surface area contributed by atoms with Crippen LogP contribution in [0.1, 0.15) is 23.2 Å². The summed E-state index contributed by atoms with van der Waals surface area (Å²) in [6.45, 7) is -1.16. The fourth-order valence-corrected chi connectivity index (χ4v) is 2.34. The third kappa shape index (κ3) is 4.82. The lowest BCUT2D eigenvalue weighted by Gasteiger charge is -2.31. The molecule has 1 aliphatic heterocycles. The van der Waals surface area contributed by atoms with Crippen molar-refractivity contribution in [3.63, 3.8) is 0 Å². The first-order valence-corrected chi connectivity index (χ1v) is 6.60. The summed E-state index contributed by atoms with van der Waals surface area (Å²) < 4.78 is 28.7. The van der Waals surface area contributed by atoms with Crippen LogP contribution in [0.25, 0.3) is 0 Å². The third-order valence-corrected chi connectivity index (χ3v) is 3.45. The number of piperidine rings is 1. The van der Waals surface area contributed by atoms with Gasteiger partial charge in [-0.25, -0.2) is 0 Å². The Morgan fingerprint density at radius 1 is 1.48 bits per heavy atom. The van der Waals surface area contributed by atoms with E-state index in [1.165, 1.54) is 18.2 Å². The minimum absolute atomic E-state index is 0. The number of likely N-dealkylation sites (N-methyl/N-ethyl adjacent to an activating group) is 1. The zero-order valence-electron chi connectivity index (χ0n) is 11.7. The molecular weight excluding hydrogens is 302 g/mol. The van der Waals surface area contributed by atoms with Gasteiger partial charge in [-0.2, -0.15) is 8.78 Å². The molecule has 0 unspecified atom stereocenters. The highest BCUT2D eigenvalue weighted by atomic mass is 35.5. The number of halogens is 3. The molecule has 1 aromatic carbocycles. The predicted molar refractivity (Wildman–Crippen MR) is 78.3 cm³/mol. The Morgan fingerprint density at radius 3 is 2.86 bits per heavy atom. The number of carbonyl (C=O) groups is 1. The van der Waals surface area contributed by atoms with Gasteiger partial charge in [0.25, 0.3) is 5.91 Å². The molecule has 0 radical (unpaired) electrons. The van der Waals surface area contributed by atoms with E-state index in [2.05, 4.69) is 10.1 Å². The number of nitrogens with zero attached hydrogens (tertiary/aromatic N) is 1. The molecule has 1 fully saturated rings. The summed E-state index contributed by atoms with van der Waals surface area (Å²) in [6, 6.07) is 6.04. The van der Waals surface area contributed by atoms with Crippen molar-refractivity contribution in [2.75, 3.05) is 20.1 Å². The highest BCUT2D eigenvalue weighted by molar-refractivity contribution is 5.94. The standard InChI is InChI=1S/C14H18F2N2O2.ClH/c1-18(11-5-3-7-17-9-11)13(19)10-4-2-6-12(8-10)20-14(15)16;/h2,4,6,8,11,14,17H,3,5,7,9H2,1H3;1H/t11-;/m1./s1. The molecule has 0 spiro atoms. The minimum Gasteiger partial charge on any atom is -0.435 e. The van der Waals surface area contributed by atoms with E-state index in [9.17, 15) is 13.6 Å². The Bertz CT molecular complexity index is 468. The highest BCUT2D eigenvalue weighted by Crippen LogP contribution is 2.18. The predicted octanol–water partition coefficient (Wildman–Crippen LogP) is 2.53. The monoisotopic (exact) mass is 320 g/mol. The molecule has 7 heteroatoms. The number of ether oxygens (including phenoxy) is 1. The number of hydrogen-bond acceptors (Lipinski definition) is 3. The van der Waals surface area contributed by atoms with E-state index in [4.69, 9.17) is 0 Å². The maximum atomic E-state index is 12.3. The summed E-state index contributed by atoms with van der Waals surface area (Å²) in [5.41, 5.74) is 0.358. The molecule has 2 rings (SSSR count). The average Bonchev–Trinajstić information content (AvgIpc) is 2.46. The summed E-state index contributed by atoms with van der Waals surface area (Å²) in [4.78, 5) is 14.0.